The zero-order chi connectivity index (χ0) is 15.5. The third-order valence-corrected chi connectivity index (χ3v) is 4.08. The average molecular weight is 318 g/mol. The lowest BCUT2D eigenvalue weighted by atomic mass is 9.90. The van der Waals surface area contributed by atoms with E-state index in [9.17, 15) is 0 Å². The van der Waals surface area contributed by atoms with E-state index in [1.54, 1.807) is 12.5 Å². The Bertz CT molecular complexity index is 677. The number of nitrogens with zero attached hydrogens (tertiary/aromatic N) is 3. The third kappa shape index (κ3) is 3.17. The average Bonchev–Trinajstić information content (AvgIpc) is 3.01. The van der Waals surface area contributed by atoms with Crippen LogP contribution in [0, 0.1) is 0 Å². The number of halogens is 1. The number of hydrogen-bond donors (Lipinski definition) is 0. The smallest absolute Gasteiger partial charge is 0.186 e. The van der Waals surface area contributed by atoms with E-state index >= 15 is 0 Å². The molecule has 1 aliphatic carbocycles. The van der Waals surface area contributed by atoms with Gasteiger partial charge in [-0.05, 0) is 62.8 Å². The van der Waals surface area contributed by atoms with Crippen LogP contribution in [-0.4, -0.2) is 21.5 Å². The molecule has 4 nitrogen and oxygen atoms in total. The summed E-state index contributed by atoms with van der Waals surface area (Å²) in [6, 6.07) is 4.23. The van der Waals surface area contributed by atoms with Gasteiger partial charge in [0.15, 0.2) is 5.84 Å². The zero-order valence-corrected chi connectivity index (χ0v) is 13.7. The van der Waals surface area contributed by atoms with Gasteiger partial charge in [-0.25, -0.2) is 4.98 Å². The van der Waals surface area contributed by atoms with Crippen molar-refractivity contribution in [2.75, 3.05) is 0 Å². The van der Waals surface area contributed by atoms with E-state index < -0.39 is 0 Å². The molecular formula is C17H20ClN3O. The Balaban J connectivity index is 2.06. The van der Waals surface area contributed by atoms with Crippen molar-refractivity contribution in [3.05, 3.63) is 52.6 Å². The lowest BCUT2D eigenvalue weighted by Crippen LogP contribution is -2.16. The standard InChI is InChI=1S/C17H20ClN3O/c1-12(2)22-20-17(21-8-7-19-11-21)15-9-13-5-3-4-6-14(13)10-16(15)18/h7-12H,3-6H2,1-2H3/b20-17-. The molecule has 0 N–H and O–H groups in total. The first-order chi connectivity index (χ1) is 10.6. The van der Waals surface area contributed by atoms with Gasteiger partial charge < -0.3 is 4.84 Å². The second-order valence-electron chi connectivity index (χ2n) is 5.85. The predicted octanol–water partition coefficient (Wildman–Crippen LogP) is 4.05. The monoisotopic (exact) mass is 317 g/mol. The molecule has 0 amide bonds. The number of rotatable bonds is 3. The van der Waals surface area contributed by atoms with Gasteiger partial charge in [-0.3, -0.25) is 4.57 Å². The van der Waals surface area contributed by atoms with Crippen LogP contribution in [0.4, 0.5) is 0 Å². The van der Waals surface area contributed by atoms with Gasteiger partial charge >= 0.3 is 0 Å². The Morgan fingerprint density at radius 1 is 1.27 bits per heavy atom. The third-order valence-electron chi connectivity index (χ3n) is 3.77. The highest BCUT2D eigenvalue weighted by Gasteiger charge is 2.17. The van der Waals surface area contributed by atoms with Crippen molar-refractivity contribution in [3.8, 4) is 0 Å². The fourth-order valence-corrected chi connectivity index (χ4v) is 2.97. The van der Waals surface area contributed by atoms with Gasteiger partial charge in [-0.2, -0.15) is 0 Å². The van der Waals surface area contributed by atoms with Crippen LogP contribution < -0.4 is 0 Å². The summed E-state index contributed by atoms with van der Waals surface area (Å²) in [6.45, 7) is 3.90. The maximum atomic E-state index is 6.52. The summed E-state index contributed by atoms with van der Waals surface area (Å²) in [5.41, 5.74) is 3.61. The van der Waals surface area contributed by atoms with Gasteiger partial charge in [-0.15, -0.1) is 0 Å². The summed E-state index contributed by atoms with van der Waals surface area (Å²) in [6.07, 6.45) is 9.95. The fourth-order valence-electron chi connectivity index (χ4n) is 2.70. The molecular weight excluding hydrogens is 298 g/mol. The molecule has 0 unspecified atom stereocenters. The molecule has 0 saturated heterocycles. The summed E-state index contributed by atoms with van der Waals surface area (Å²) in [4.78, 5) is 9.56. The highest BCUT2D eigenvalue weighted by molar-refractivity contribution is 6.34. The van der Waals surface area contributed by atoms with Crippen LogP contribution in [0.3, 0.4) is 0 Å². The van der Waals surface area contributed by atoms with Crippen molar-refractivity contribution in [2.24, 2.45) is 5.16 Å². The number of hydrogen-bond acceptors (Lipinski definition) is 3. The normalized spacial score (nSPS) is 15.0. The number of benzene rings is 1. The SMILES string of the molecule is CC(C)O/N=C(/c1cc2c(cc1Cl)CCCC2)n1ccnc1. The molecule has 116 valence electrons. The molecule has 0 atom stereocenters. The highest BCUT2D eigenvalue weighted by atomic mass is 35.5. The first-order valence-electron chi connectivity index (χ1n) is 7.69. The van der Waals surface area contributed by atoms with Gasteiger partial charge in [0, 0.05) is 18.0 Å². The second-order valence-corrected chi connectivity index (χ2v) is 6.25. The van der Waals surface area contributed by atoms with Crippen molar-refractivity contribution in [1.29, 1.82) is 0 Å². The van der Waals surface area contributed by atoms with Crippen molar-refractivity contribution >= 4 is 17.4 Å². The Morgan fingerprint density at radius 2 is 2.00 bits per heavy atom. The Hall–Kier alpha value is -1.81. The molecule has 0 saturated carbocycles. The molecule has 1 aromatic heterocycles. The van der Waals surface area contributed by atoms with E-state index in [1.165, 1.54) is 24.0 Å². The molecule has 0 radical (unpaired) electrons. The van der Waals surface area contributed by atoms with Gasteiger partial charge in [0.1, 0.15) is 12.4 Å². The van der Waals surface area contributed by atoms with Crippen molar-refractivity contribution in [2.45, 2.75) is 45.6 Å². The number of imidazole rings is 1. The second kappa shape index (κ2) is 6.53. The fraction of sp³-hybridized carbons (Fsp3) is 0.412. The molecule has 1 heterocycles. The molecule has 0 fully saturated rings. The van der Waals surface area contributed by atoms with Gasteiger partial charge in [0.25, 0.3) is 0 Å². The molecule has 22 heavy (non-hydrogen) atoms. The molecule has 0 bridgehead atoms. The molecule has 3 rings (SSSR count). The quantitative estimate of drug-likeness (QED) is 0.486. The highest BCUT2D eigenvalue weighted by Crippen LogP contribution is 2.28. The predicted molar refractivity (Wildman–Crippen MR) is 88.5 cm³/mol. The Morgan fingerprint density at radius 3 is 2.64 bits per heavy atom. The van der Waals surface area contributed by atoms with Crippen LogP contribution in [-0.2, 0) is 17.7 Å². The zero-order valence-electron chi connectivity index (χ0n) is 12.9. The van der Waals surface area contributed by atoms with E-state index in [1.807, 2.05) is 24.6 Å². The van der Waals surface area contributed by atoms with Crippen LogP contribution in [0.1, 0.15) is 43.4 Å². The van der Waals surface area contributed by atoms with Gasteiger partial charge in [0.2, 0.25) is 0 Å². The van der Waals surface area contributed by atoms with E-state index in [-0.39, 0.29) is 6.10 Å². The maximum absolute atomic E-state index is 6.52. The van der Waals surface area contributed by atoms with E-state index in [4.69, 9.17) is 16.4 Å². The number of oxime groups is 1. The van der Waals surface area contributed by atoms with Crippen LogP contribution in [0.15, 0.2) is 36.0 Å². The first-order valence-corrected chi connectivity index (χ1v) is 8.07. The van der Waals surface area contributed by atoms with Crippen molar-refractivity contribution in [1.82, 2.24) is 9.55 Å². The molecule has 2 aromatic rings. The van der Waals surface area contributed by atoms with Crippen molar-refractivity contribution in [3.63, 3.8) is 0 Å². The van der Waals surface area contributed by atoms with E-state index in [2.05, 4.69) is 22.3 Å². The lowest BCUT2D eigenvalue weighted by Gasteiger charge is -2.19. The van der Waals surface area contributed by atoms with Crippen molar-refractivity contribution < 1.29 is 4.84 Å². The molecule has 1 aromatic carbocycles. The van der Waals surface area contributed by atoms with Gasteiger partial charge in [-0.1, -0.05) is 16.8 Å². The minimum atomic E-state index is 0.00919. The maximum Gasteiger partial charge on any atom is 0.186 e. The van der Waals surface area contributed by atoms with Gasteiger partial charge in [0.05, 0.1) is 5.02 Å². The number of aryl methyl sites for hydroxylation is 2. The van der Waals surface area contributed by atoms with Crippen LogP contribution in [0.2, 0.25) is 5.02 Å². The Labute approximate surface area is 135 Å². The summed E-state index contributed by atoms with van der Waals surface area (Å²) >= 11 is 6.52. The number of aromatic nitrogens is 2. The first kappa shape index (κ1) is 15.1. The van der Waals surface area contributed by atoms with E-state index in [0.29, 0.717) is 10.9 Å². The molecule has 0 spiro atoms. The summed E-state index contributed by atoms with van der Waals surface area (Å²) < 4.78 is 1.83. The molecule has 5 heteroatoms. The van der Waals surface area contributed by atoms with E-state index in [0.717, 1.165) is 18.4 Å². The topological polar surface area (TPSA) is 39.4 Å². The minimum absolute atomic E-state index is 0.00919. The van der Waals surface area contributed by atoms with Crippen LogP contribution in [0.5, 0.6) is 0 Å². The minimum Gasteiger partial charge on any atom is -0.391 e. The summed E-state index contributed by atoms with van der Waals surface area (Å²) in [5, 5.41) is 5.01. The largest absolute Gasteiger partial charge is 0.391 e. The van der Waals surface area contributed by atoms with Crippen LogP contribution in [0.25, 0.3) is 0 Å². The lowest BCUT2D eigenvalue weighted by molar-refractivity contribution is 0.0853. The molecule has 0 aliphatic heterocycles. The summed E-state index contributed by atoms with van der Waals surface area (Å²) in [7, 11) is 0. The summed E-state index contributed by atoms with van der Waals surface area (Å²) in [5.74, 6) is 0.671. The number of fused-ring (bicyclic) bond motifs is 1. The molecule has 1 aliphatic rings. The Kier molecular flexibility index (Phi) is 4.48. The van der Waals surface area contributed by atoms with Crippen LogP contribution >= 0.6 is 11.6 Å².